The summed E-state index contributed by atoms with van der Waals surface area (Å²) in [4.78, 5) is 23.6. The summed E-state index contributed by atoms with van der Waals surface area (Å²) in [6.45, 7) is 1.01. The quantitative estimate of drug-likeness (QED) is 0.414. The van der Waals surface area contributed by atoms with Gasteiger partial charge in [0.05, 0.1) is 20.8 Å². The number of fused-ring (bicyclic) bond motifs is 2. The predicted molar refractivity (Wildman–Crippen MR) is 124 cm³/mol. The molecule has 2 bridgehead atoms. The summed E-state index contributed by atoms with van der Waals surface area (Å²) >= 11 is 6.22. The van der Waals surface area contributed by atoms with Crippen molar-refractivity contribution >= 4 is 39.0 Å². The fourth-order valence-corrected chi connectivity index (χ4v) is 8.18. The van der Waals surface area contributed by atoms with Crippen LogP contribution in [0.5, 0.6) is 0 Å². The van der Waals surface area contributed by atoms with Crippen LogP contribution in [0, 0.1) is 29.3 Å². The number of hydrogen-bond donors (Lipinski definition) is 2. The zero-order valence-corrected chi connectivity index (χ0v) is 20.6. The lowest BCUT2D eigenvalue weighted by Gasteiger charge is -2.40. The Morgan fingerprint density at radius 1 is 1.11 bits per heavy atom. The Morgan fingerprint density at radius 3 is 2.25 bits per heavy atom. The zero-order chi connectivity index (χ0) is 26.4. The summed E-state index contributed by atoms with van der Waals surface area (Å²) in [5.41, 5.74) is -1.82. The highest BCUT2D eigenvalue weighted by atomic mass is 35.5. The van der Waals surface area contributed by atoms with Crippen molar-refractivity contribution in [3.63, 3.8) is 0 Å². The summed E-state index contributed by atoms with van der Waals surface area (Å²) in [5, 5.41) is 12.1. The van der Waals surface area contributed by atoms with Crippen molar-refractivity contribution in [2.24, 2.45) is 11.8 Å². The van der Waals surface area contributed by atoms with E-state index in [2.05, 4.69) is 5.32 Å². The number of aliphatic hydroxyl groups is 1. The second-order valence-corrected chi connectivity index (χ2v) is 11.9. The molecule has 2 saturated carbocycles. The Hall–Kier alpha value is -2.63. The van der Waals surface area contributed by atoms with E-state index in [-0.39, 0.29) is 40.6 Å². The number of rotatable bonds is 6. The largest absolute Gasteiger partial charge is 0.463 e. The lowest BCUT2D eigenvalue weighted by molar-refractivity contribution is -0.152. The van der Waals surface area contributed by atoms with E-state index in [1.807, 2.05) is 0 Å². The number of nitrogens with one attached hydrogen (secondary N) is 1. The number of hydrogen-bond acceptors (Lipinski definition) is 6. The maximum atomic E-state index is 13.7. The normalized spacial score (nSPS) is 25.4. The van der Waals surface area contributed by atoms with Crippen LogP contribution in [0.25, 0.3) is 0 Å². The average Bonchev–Trinajstić information content (AvgIpc) is 3.09. The molecule has 2 N–H and O–H groups in total. The molecule has 2 aromatic rings. The first-order valence-corrected chi connectivity index (χ1v) is 13.1. The Morgan fingerprint density at radius 2 is 1.69 bits per heavy atom. The van der Waals surface area contributed by atoms with Crippen LogP contribution >= 0.6 is 11.6 Å². The second-order valence-electron chi connectivity index (χ2n) is 9.37. The van der Waals surface area contributed by atoms with E-state index in [1.165, 1.54) is 19.1 Å². The lowest BCUT2D eigenvalue weighted by atomic mass is 9.77. The van der Waals surface area contributed by atoms with Crippen LogP contribution in [0.15, 0.2) is 35.2 Å². The van der Waals surface area contributed by atoms with Gasteiger partial charge in [0.15, 0.2) is 27.3 Å². The minimum absolute atomic E-state index is 0.106. The summed E-state index contributed by atoms with van der Waals surface area (Å²) < 4.78 is 72.5. The van der Waals surface area contributed by atoms with E-state index in [9.17, 15) is 36.3 Å². The molecular formula is C24H23ClF3NO6S. The highest BCUT2D eigenvalue weighted by Gasteiger charge is 2.54. The third-order valence-electron chi connectivity index (χ3n) is 6.77. The van der Waals surface area contributed by atoms with Crippen LogP contribution in [-0.4, -0.2) is 42.9 Å². The minimum atomic E-state index is -4.06. The topological polar surface area (TPSA) is 110 Å². The molecule has 2 fully saturated rings. The molecular weight excluding hydrogens is 523 g/mol. The maximum absolute atomic E-state index is 13.7. The number of carbonyl (C=O) groups excluding carboxylic acids is 2. The zero-order valence-electron chi connectivity index (χ0n) is 19.1. The van der Waals surface area contributed by atoms with Crippen molar-refractivity contribution in [1.29, 1.82) is 0 Å². The molecule has 12 heteroatoms. The highest BCUT2D eigenvalue weighted by molar-refractivity contribution is 7.92. The third kappa shape index (κ3) is 5.09. The number of anilines is 1. The van der Waals surface area contributed by atoms with Crippen LogP contribution in [-0.2, 0) is 19.4 Å². The molecule has 2 aliphatic carbocycles. The van der Waals surface area contributed by atoms with Crippen molar-refractivity contribution in [3.05, 3.63) is 58.4 Å². The summed E-state index contributed by atoms with van der Waals surface area (Å²) in [6.07, 6.45) is 1.35. The smallest absolute Gasteiger partial charge is 0.302 e. The van der Waals surface area contributed by atoms with Gasteiger partial charge in [-0.05, 0) is 55.7 Å². The Bertz CT molecular complexity index is 1300. The van der Waals surface area contributed by atoms with Crippen LogP contribution < -0.4 is 5.32 Å². The molecule has 2 aromatic carbocycles. The van der Waals surface area contributed by atoms with Crippen LogP contribution in [0.2, 0.25) is 5.02 Å². The maximum Gasteiger partial charge on any atom is 0.302 e. The van der Waals surface area contributed by atoms with E-state index < -0.39 is 61.9 Å². The Balaban J connectivity index is 1.59. The number of halogens is 4. The van der Waals surface area contributed by atoms with Gasteiger partial charge in [0.2, 0.25) is 0 Å². The molecule has 2 aliphatic rings. The van der Waals surface area contributed by atoms with Gasteiger partial charge < -0.3 is 15.2 Å². The molecule has 0 heterocycles. The third-order valence-corrected chi connectivity index (χ3v) is 9.64. The van der Waals surface area contributed by atoms with Gasteiger partial charge in [-0.3, -0.25) is 9.59 Å². The van der Waals surface area contributed by atoms with Gasteiger partial charge in [0.1, 0.15) is 6.61 Å². The predicted octanol–water partition coefficient (Wildman–Crippen LogP) is 4.27. The van der Waals surface area contributed by atoms with Crippen molar-refractivity contribution in [2.75, 3.05) is 11.9 Å². The number of benzene rings is 2. The molecule has 0 saturated heterocycles. The van der Waals surface area contributed by atoms with Crippen LogP contribution in [0.4, 0.5) is 18.9 Å². The van der Waals surface area contributed by atoms with Gasteiger partial charge in [-0.1, -0.05) is 11.6 Å². The molecule has 0 spiro atoms. The summed E-state index contributed by atoms with van der Waals surface area (Å²) in [7, 11) is -4.06. The first-order chi connectivity index (χ1) is 16.8. The summed E-state index contributed by atoms with van der Waals surface area (Å²) in [5.74, 6) is -6.91. The fourth-order valence-electron chi connectivity index (χ4n) is 5.34. The van der Waals surface area contributed by atoms with Gasteiger partial charge in [0.25, 0.3) is 5.91 Å². The minimum Gasteiger partial charge on any atom is -0.463 e. The van der Waals surface area contributed by atoms with Gasteiger partial charge >= 0.3 is 5.97 Å². The van der Waals surface area contributed by atoms with Crippen molar-refractivity contribution in [1.82, 2.24) is 0 Å². The van der Waals surface area contributed by atoms with Crippen molar-refractivity contribution in [2.45, 2.75) is 48.4 Å². The monoisotopic (exact) mass is 545 g/mol. The highest BCUT2D eigenvalue weighted by Crippen LogP contribution is 2.51. The lowest BCUT2D eigenvalue weighted by Crippen LogP contribution is -2.48. The van der Waals surface area contributed by atoms with E-state index in [1.54, 1.807) is 0 Å². The van der Waals surface area contributed by atoms with E-state index in [0.717, 1.165) is 6.07 Å². The molecule has 194 valence electrons. The van der Waals surface area contributed by atoms with Crippen LogP contribution in [0.1, 0.15) is 43.0 Å². The van der Waals surface area contributed by atoms with E-state index in [4.69, 9.17) is 16.3 Å². The molecule has 7 nitrogen and oxygen atoms in total. The SMILES string of the molecule is CC(=O)OC[C@]1(O)CC2CC[C@@H](C1)[C@H]2S(=O)(=O)c1cc(C(=O)Nc2cc(F)c(F)c(F)c2)ccc1Cl. The van der Waals surface area contributed by atoms with Gasteiger partial charge in [-0.2, -0.15) is 0 Å². The van der Waals surface area contributed by atoms with Crippen LogP contribution in [0.3, 0.4) is 0 Å². The van der Waals surface area contributed by atoms with Gasteiger partial charge in [0, 0.05) is 30.3 Å². The summed E-state index contributed by atoms with van der Waals surface area (Å²) in [6, 6.07) is 4.76. The molecule has 1 unspecified atom stereocenters. The number of amides is 1. The first kappa shape index (κ1) is 26.4. The number of sulfone groups is 1. The number of ether oxygens (including phenoxy) is 1. The molecule has 0 radical (unpaired) electrons. The molecule has 4 rings (SSSR count). The molecule has 0 aromatic heterocycles. The second kappa shape index (κ2) is 9.68. The molecule has 1 amide bonds. The molecule has 0 aliphatic heterocycles. The Kier molecular flexibility index (Phi) is 7.11. The van der Waals surface area contributed by atoms with Crippen molar-refractivity contribution < 1.29 is 41.0 Å². The van der Waals surface area contributed by atoms with E-state index in [0.29, 0.717) is 25.0 Å². The molecule has 36 heavy (non-hydrogen) atoms. The van der Waals surface area contributed by atoms with E-state index >= 15 is 0 Å². The molecule has 4 atom stereocenters. The average molecular weight is 546 g/mol. The Labute approximate surface area is 210 Å². The van der Waals surface area contributed by atoms with Gasteiger partial charge in [-0.25, -0.2) is 21.6 Å². The first-order valence-electron chi connectivity index (χ1n) is 11.2. The fraction of sp³-hybridized carbons (Fsp3) is 0.417. The van der Waals surface area contributed by atoms with Gasteiger partial charge in [-0.15, -0.1) is 0 Å². The van der Waals surface area contributed by atoms with Crippen molar-refractivity contribution in [3.8, 4) is 0 Å². The number of carbonyl (C=O) groups is 2. The number of esters is 1. The standard InChI is InChI=1S/C24H23ClF3NO6S/c1-12(30)35-11-24(32)9-14-2-3-15(10-24)22(14)36(33,34)20-6-13(4-5-17(20)25)23(31)29-16-7-18(26)21(28)19(27)8-16/h4-8,14-15,22,32H,2-3,9-11H2,1H3,(H,29,31)/t14-,15?,22+,24+/m0/s1.